The fourth-order valence-electron chi connectivity index (χ4n) is 1.45. The van der Waals surface area contributed by atoms with Gasteiger partial charge >= 0.3 is 0 Å². The second-order valence-corrected chi connectivity index (χ2v) is 5.32. The number of carbonyl (C=O) groups is 1. The molecule has 1 aromatic carbocycles. The third-order valence-corrected chi connectivity index (χ3v) is 2.87. The van der Waals surface area contributed by atoms with Gasteiger partial charge in [0.25, 0.3) is 5.91 Å². The minimum atomic E-state index is -0.411. The molecule has 0 heterocycles. The highest BCUT2D eigenvalue weighted by Gasteiger charge is 2.00. The van der Waals surface area contributed by atoms with Crippen LogP contribution in [0, 0.1) is 11.7 Å². The summed E-state index contributed by atoms with van der Waals surface area (Å²) in [5.41, 5.74) is 5.34. The van der Waals surface area contributed by atoms with Crippen molar-refractivity contribution in [2.45, 2.75) is 20.3 Å². The largest absolute Gasteiger partial charge is 0.361 e. The van der Waals surface area contributed by atoms with Crippen molar-refractivity contribution in [3.05, 3.63) is 41.7 Å². The van der Waals surface area contributed by atoms with Crippen molar-refractivity contribution in [1.82, 2.24) is 16.2 Å². The Labute approximate surface area is 129 Å². The summed E-state index contributed by atoms with van der Waals surface area (Å²) in [5.74, 6) is -0.203. The predicted octanol–water partition coefficient (Wildman–Crippen LogP) is 2.38. The molecule has 0 aliphatic carbocycles. The Bertz CT molecular complexity index is 517. The Hall–Kier alpha value is -1.95. The molecule has 3 N–H and O–H groups in total. The van der Waals surface area contributed by atoms with Gasteiger partial charge in [-0.05, 0) is 36.7 Å². The van der Waals surface area contributed by atoms with Gasteiger partial charge in [-0.2, -0.15) is 0 Å². The maximum Gasteiger partial charge on any atom is 0.262 e. The maximum absolute atomic E-state index is 13.3. The normalized spacial score (nSPS) is 10.7. The summed E-state index contributed by atoms with van der Waals surface area (Å²) in [4.78, 5) is 11.5. The van der Waals surface area contributed by atoms with Crippen LogP contribution in [0.4, 0.5) is 4.39 Å². The monoisotopic (exact) mass is 309 g/mol. The minimum Gasteiger partial charge on any atom is -0.361 e. The van der Waals surface area contributed by atoms with Crippen molar-refractivity contribution in [3.63, 3.8) is 0 Å². The Morgan fingerprint density at radius 1 is 1.33 bits per heavy atom. The number of carbonyl (C=O) groups excluding carboxylic acids is 1. The Morgan fingerprint density at radius 3 is 2.71 bits per heavy atom. The molecule has 4 nitrogen and oxygen atoms in total. The SMILES string of the molecule is CC(C)CCNC(=S)NNC(=O)/C=C/c1ccccc1F. The number of rotatable bonds is 5. The van der Waals surface area contributed by atoms with Gasteiger partial charge in [0.05, 0.1) is 0 Å². The average molecular weight is 309 g/mol. The average Bonchev–Trinajstić information content (AvgIpc) is 2.44. The lowest BCUT2D eigenvalue weighted by atomic mass is 10.1. The lowest BCUT2D eigenvalue weighted by molar-refractivity contribution is -0.116. The summed E-state index contributed by atoms with van der Waals surface area (Å²) in [6.07, 6.45) is 3.63. The standard InChI is InChI=1S/C15H20FN3OS/c1-11(2)9-10-17-15(21)19-18-14(20)8-7-12-5-3-4-6-13(12)16/h3-8,11H,9-10H2,1-2H3,(H,18,20)(H2,17,19,21)/b8-7+. The quantitative estimate of drug-likeness (QED) is 0.444. The number of hydrogen-bond donors (Lipinski definition) is 3. The first-order chi connectivity index (χ1) is 9.99. The number of hydrazine groups is 1. The Morgan fingerprint density at radius 2 is 2.05 bits per heavy atom. The molecule has 0 aliphatic heterocycles. The van der Waals surface area contributed by atoms with E-state index < -0.39 is 5.91 Å². The van der Waals surface area contributed by atoms with Gasteiger partial charge in [0.15, 0.2) is 5.11 Å². The molecule has 114 valence electrons. The van der Waals surface area contributed by atoms with Crippen molar-refractivity contribution in [2.75, 3.05) is 6.54 Å². The molecular formula is C15H20FN3OS. The second-order valence-electron chi connectivity index (χ2n) is 4.91. The van der Waals surface area contributed by atoms with Gasteiger partial charge in [0.2, 0.25) is 0 Å². The molecule has 0 bridgehead atoms. The van der Waals surface area contributed by atoms with Crippen LogP contribution in [0.25, 0.3) is 6.08 Å². The van der Waals surface area contributed by atoms with E-state index in [1.807, 2.05) is 0 Å². The van der Waals surface area contributed by atoms with Crippen LogP contribution < -0.4 is 16.2 Å². The number of thiocarbonyl (C=S) groups is 1. The zero-order valence-corrected chi connectivity index (χ0v) is 13.0. The summed E-state index contributed by atoms with van der Waals surface area (Å²) < 4.78 is 13.3. The molecule has 0 fully saturated rings. The van der Waals surface area contributed by atoms with Crippen molar-refractivity contribution < 1.29 is 9.18 Å². The maximum atomic E-state index is 13.3. The van der Waals surface area contributed by atoms with Gasteiger partial charge in [-0.1, -0.05) is 32.0 Å². The first-order valence-electron chi connectivity index (χ1n) is 6.75. The highest BCUT2D eigenvalue weighted by atomic mass is 32.1. The van der Waals surface area contributed by atoms with Crippen molar-refractivity contribution >= 4 is 29.3 Å². The third kappa shape index (κ3) is 7.41. The van der Waals surface area contributed by atoms with E-state index in [1.54, 1.807) is 18.2 Å². The van der Waals surface area contributed by atoms with Gasteiger partial charge in [-0.15, -0.1) is 0 Å². The molecular weight excluding hydrogens is 289 g/mol. The number of nitrogens with one attached hydrogen (secondary N) is 3. The van der Waals surface area contributed by atoms with Crippen LogP contribution in [0.1, 0.15) is 25.8 Å². The molecule has 0 saturated carbocycles. The summed E-state index contributed by atoms with van der Waals surface area (Å²) in [7, 11) is 0. The first-order valence-corrected chi connectivity index (χ1v) is 7.16. The molecule has 0 unspecified atom stereocenters. The summed E-state index contributed by atoms with van der Waals surface area (Å²) in [6, 6.07) is 6.22. The van der Waals surface area contributed by atoms with Crippen LogP contribution in [0.3, 0.4) is 0 Å². The molecule has 6 heteroatoms. The van der Waals surface area contributed by atoms with E-state index in [0.717, 1.165) is 13.0 Å². The highest BCUT2D eigenvalue weighted by molar-refractivity contribution is 7.80. The van der Waals surface area contributed by atoms with Crippen molar-refractivity contribution in [1.29, 1.82) is 0 Å². The molecule has 0 spiro atoms. The first kappa shape index (κ1) is 17.1. The minimum absolute atomic E-state index is 0.350. The van der Waals surface area contributed by atoms with Crippen LogP contribution in [0.2, 0.25) is 0 Å². The fourth-order valence-corrected chi connectivity index (χ4v) is 1.61. The number of amides is 1. The van der Waals surface area contributed by atoms with E-state index in [9.17, 15) is 9.18 Å². The molecule has 0 atom stereocenters. The van der Waals surface area contributed by atoms with E-state index in [1.165, 1.54) is 18.2 Å². The van der Waals surface area contributed by atoms with Gasteiger partial charge in [0, 0.05) is 18.2 Å². The fraction of sp³-hybridized carbons (Fsp3) is 0.333. The van der Waals surface area contributed by atoms with E-state index >= 15 is 0 Å². The number of hydrogen-bond acceptors (Lipinski definition) is 2. The van der Waals surface area contributed by atoms with Gasteiger partial charge < -0.3 is 5.32 Å². The Kier molecular flexibility index (Phi) is 7.39. The smallest absolute Gasteiger partial charge is 0.262 e. The van der Waals surface area contributed by atoms with E-state index in [4.69, 9.17) is 12.2 Å². The van der Waals surface area contributed by atoms with Gasteiger partial charge in [-0.25, -0.2) is 4.39 Å². The van der Waals surface area contributed by atoms with Crippen LogP contribution in [0.5, 0.6) is 0 Å². The number of benzene rings is 1. The summed E-state index contributed by atoms with van der Waals surface area (Å²) in [6.45, 7) is 4.98. The van der Waals surface area contributed by atoms with Crippen LogP contribution >= 0.6 is 12.2 Å². The van der Waals surface area contributed by atoms with Crippen LogP contribution in [-0.2, 0) is 4.79 Å². The lowest BCUT2D eigenvalue weighted by Gasteiger charge is -2.11. The molecule has 1 aromatic rings. The highest BCUT2D eigenvalue weighted by Crippen LogP contribution is 2.07. The van der Waals surface area contributed by atoms with E-state index in [2.05, 4.69) is 30.0 Å². The number of halogens is 1. The van der Waals surface area contributed by atoms with Crippen molar-refractivity contribution in [2.24, 2.45) is 5.92 Å². The van der Waals surface area contributed by atoms with Crippen molar-refractivity contribution in [3.8, 4) is 0 Å². The molecule has 1 amide bonds. The topological polar surface area (TPSA) is 53.2 Å². The molecule has 1 rings (SSSR count). The van der Waals surface area contributed by atoms with E-state index in [-0.39, 0.29) is 5.82 Å². The predicted molar refractivity (Wildman–Crippen MR) is 86.8 cm³/mol. The van der Waals surface area contributed by atoms with E-state index in [0.29, 0.717) is 16.6 Å². The lowest BCUT2D eigenvalue weighted by Crippen LogP contribution is -2.46. The zero-order chi connectivity index (χ0) is 15.7. The molecule has 0 radical (unpaired) electrons. The second kappa shape index (κ2) is 9.07. The zero-order valence-electron chi connectivity index (χ0n) is 12.2. The summed E-state index contributed by atoms with van der Waals surface area (Å²) in [5, 5.41) is 3.32. The van der Waals surface area contributed by atoms with Crippen LogP contribution in [-0.4, -0.2) is 17.6 Å². The Balaban J connectivity index is 2.31. The van der Waals surface area contributed by atoms with Gasteiger partial charge in [-0.3, -0.25) is 15.6 Å². The molecule has 0 aromatic heterocycles. The van der Waals surface area contributed by atoms with Crippen LogP contribution in [0.15, 0.2) is 30.3 Å². The van der Waals surface area contributed by atoms with Gasteiger partial charge in [0.1, 0.15) is 5.82 Å². The summed E-state index contributed by atoms with van der Waals surface area (Å²) >= 11 is 5.00. The molecule has 0 saturated heterocycles. The molecule has 21 heavy (non-hydrogen) atoms. The third-order valence-electron chi connectivity index (χ3n) is 2.63. The molecule has 0 aliphatic rings.